The first-order chi connectivity index (χ1) is 13.0. The van der Waals surface area contributed by atoms with Crippen LogP contribution in [-0.4, -0.2) is 35.3 Å². The average molecular weight is 386 g/mol. The zero-order chi connectivity index (χ0) is 19.2. The van der Waals surface area contributed by atoms with E-state index in [1.807, 2.05) is 24.3 Å². The van der Waals surface area contributed by atoms with Gasteiger partial charge in [0.2, 0.25) is 11.8 Å². The van der Waals surface area contributed by atoms with Gasteiger partial charge in [0.1, 0.15) is 5.82 Å². The molecule has 2 aromatic rings. The number of rotatable bonds is 5. The third kappa shape index (κ3) is 5.29. The summed E-state index contributed by atoms with van der Waals surface area (Å²) < 4.78 is 5.36. The lowest BCUT2D eigenvalue weighted by molar-refractivity contribution is 0.396. The van der Waals surface area contributed by atoms with E-state index >= 15 is 0 Å². The Balaban J connectivity index is 1.68. The highest BCUT2D eigenvalue weighted by molar-refractivity contribution is 7.80. The van der Waals surface area contributed by atoms with Crippen LogP contribution in [0.1, 0.15) is 38.3 Å². The summed E-state index contributed by atoms with van der Waals surface area (Å²) in [7, 11) is 1.61. The molecule has 0 amide bonds. The molecule has 0 bridgehead atoms. The van der Waals surface area contributed by atoms with Crippen LogP contribution in [0.25, 0.3) is 0 Å². The highest BCUT2D eigenvalue weighted by atomic mass is 32.1. The van der Waals surface area contributed by atoms with Crippen molar-refractivity contribution in [3.8, 4) is 5.88 Å². The maximum absolute atomic E-state index is 5.45. The van der Waals surface area contributed by atoms with E-state index in [2.05, 4.69) is 51.5 Å². The number of anilines is 2. The lowest BCUT2D eigenvalue weighted by Gasteiger charge is -2.31. The summed E-state index contributed by atoms with van der Waals surface area (Å²) >= 11 is 5.45. The molecule has 1 aliphatic heterocycles. The Morgan fingerprint density at radius 3 is 2.59 bits per heavy atom. The number of nitrogens with zero attached hydrogens (tertiary/aromatic N) is 3. The molecule has 0 unspecified atom stereocenters. The number of hydrogen-bond acceptors (Lipinski definition) is 5. The minimum Gasteiger partial charge on any atom is -0.481 e. The predicted molar refractivity (Wildman–Crippen MR) is 113 cm³/mol. The largest absolute Gasteiger partial charge is 0.481 e. The number of nitrogens with one attached hydrogen (secondary N) is 2. The molecule has 0 saturated carbocycles. The van der Waals surface area contributed by atoms with Crippen molar-refractivity contribution >= 4 is 29.1 Å². The zero-order valence-electron chi connectivity index (χ0n) is 16.1. The fourth-order valence-corrected chi connectivity index (χ4v) is 3.40. The molecule has 1 aromatic heterocycles. The van der Waals surface area contributed by atoms with Crippen molar-refractivity contribution in [2.24, 2.45) is 5.92 Å². The van der Waals surface area contributed by atoms with Crippen molar-refractivity contribution in [3.63, 3.8) is 0 Å². The van der Waals surface area contributed by atoms with Gasteiger partial charge in [0.15, 0.2) is 5.11 Å². The molecule has 3 rings (SSSR count). The topological polar surface area (TPSA) is 62.3 Å². The number of benzene rings is 1. The Bertz CT molecular complexity index is 762. The van der Waals surface area contributed by atoms with Gasteiger partial charge in [-0.2, -0.15) is 9.97 Å². The molecule has 2 heterocycles. The van der Waals surface area contributed by atoms with Crippen molar-refractivity contribution in [2.75, 3.05) is 30.4 Å². The predicted octanol–water partition coefficient (Wildman–Crippen LogP) is 3.77. The summed E-state index contributed by atoms with van der Waals surface area (Å²) in [6.45, 7) is 6.35. The van der Waals surface area contributed by atoms with Crippen LogP contribution in [-0.2, 0) is 0 Å². The highest BCUT2D eigenvalue weighted by Gasteiger charge is 2.19. The first-order valence-corrected chi connectivity index (χ1v) is 9.76. The molecule has 0 radical (unpaired) electrons. The SMILES string of the molecule is COc1cc(N2CCC(C)CC2)nc(NC(=S)N[C@@H](C)c2ccccc2)n1. The van der Waals surface area contributed by atoms with E-state index < -0.39 is 0 Å². The molecule has 2 N–H and O–H groups in total. The summed E-state index contributed by atoms with van der Waals surface area (Å²) in [4.78, 5) is 11.3. The maximum atomic E-state index is 5.45. The number of ether oxygens (including phenoxy) is 1. The normalized spacial score (nSPS) is 15.9. The van der Waals surface area contributed by atoms with Gasteiger partial charge >= 0.3 is 0 Å². The summed E-state index contributed by atoms with van der Waals surface area (Å²) in [5, 5.41) is 6.85. The van der Waals surface area contributed by atoms with E-state index in [-0.39, 0.29) is 6.04 Å². The highest BCUT2D eigenvalue weighted by Crippen LogP contribution is 2.25. The molecule has 1 aromatic carbocycles. The van der Waals surface area contributed by atoms with E-state index in [9.17, 15) is 0 Å². The number of methoxy groups -OCH3 is 1. The van der Waals surface area contributed by atoms with Gasteiger partial charge in [-0.15, -0.1) is 0 Å². The summed E-state index contributed by atoms with van der Waals surface area (Å²) in [5.74, 6) is 2.61. The van der Waals surface area contributed by atoms with Crippen molar-refractivity contribution in [1.29, 1.82) is 0 Å². The van der Waals surface area contributed by atoms with Gasteiger partial charge in [-0.1, -0.05) is 37.3 Å². The molecular formula is C20H27N5OS. The van der Waals surface area contributed by atoms with Crippen molar-refractivity contribution in [2.45, 2.75) is 32.7 Å². The first-order valence-electron chi connectivity index (χ1n) is 9.35. The van der Waals surface area contributed by atoms with Crippen molar-refractivity contribution < 1.29 is 4.74 Å². The van der Waals surface area contributed by atoms with Gasteiger partial charge in [-0.3, -0.25) is 0 Å². The summed E-state index contributed by atoms with van der Waals surface area (Å²) in [5.41, 5.74) is 1.16. The van der Waals surface area contributed by atoms with Gasteiger partial charge in [-0.05, 0) is 43.5 Å². The Kier molecular flexibility index (Phi) is 6.45. The van der Waals surface area contributed by atoms with Crippen LogP contribution in [0.2, 0.25) is 0 Å². The Labute approximate surface area is 166 Å². The van der Waals surface area contributed by atoms with Crippen LogP contribution >= 0.6 is 12.2 Å². The maximum Gasteiger partial charge on any atom is 0.234 e. The Morgan fingerprint density at radius 2 is 1.93 bits per heavy atom. The smallest absolute Gasteiger partial charge is 0.234 e. The van der Waals surface area contributed by atoms with E-state index in [0.29, 0.717) is 16.9 Å². The van der Waals surface area contributed by atoms with Gasteiger partial charge in [0.05, 0.1) is 13.2 Å². The van der Waals surface area contributed by atoms with Gasteiger partial charge in [0, 0.05) is 19.2 Å². The lowest BCUT2D eigenvalue weighted by atomic mass is 9.99. The summed E-state index contributed by atoms with van der Waals surface area (Å²) in [6, 6.07) is 12.1. The van der Waals surface area contributed by atoms with Crippen LogP contribution in [0, 0.1) is 5.92 Å². The van der Waals surface area contributed by atoms with Crippen LogP contribution in [0.3, 0.4) is 0 Å². The fraction of sp³-hybridized carbons (Fsp3) is 0.450. The molecule has 1 saturated heterocycles. The van der Waals surface area contributed by atoms with Gasteiger partial charge < -0.3 is 20.3 Å². The lowest BCUT2D eigenvalue weighted by Crippen LogP contribution is -2.34. The quantitative estimate of drug-likeness (QED) is 0.760. The first kappa shape index (κ1) is 19.4. The summed E-state index contributed by atoms with van der Waals surface area (Å²) in [6.07, 6.45) is 2.34. The van der Waals surface area contributed by atoms with E-state index in [1.165, 1.54) is 12.8 Å². The molecule has 1 aliphatic rings. The minimum absolute atomic E-state index is 0.0832. The molecule has 1 atom stereocenters. The second-order valence-electron chi connectivity index (χ2n) is 6.99. The number of hydrogen-bond donors (Lipinski definition) is 2. The molecular weight excluding hydrogens is 358 g/mol. The van der Waals surface area contributed by atoms with E-state index in [1.54, 1.807) is 7.11 Å². The van der Waals surface area contributed by atoms with Gasteiger partial charge in [0.25, 0.3) is 0 Å². The Morgan fingerprint density at radius 1 is 1.22 bits per heavy atom. The second kappa shape index (κ2) is 8.99. The van der Waals surface area contributed by atoms with Crippen LogP contribution in [0.15, 0.2) is 36.4 Å². The molecule has 0 spiro atoms. The van der Waals surface area contributed by atoms with Crippen molar-refractivity contribution in [3.05, 3.63) is 42.0 Å². The zero-order valence-corrected chi connectivity index (χ0v) is 16.9. The van der Waals surface area contributed by atoms with Crippen LogP contribution in [0.5, 0.6) is 5.88 Å². The number of piperidine rings is 1. The number of aromatic nitrogens is 2. The Hall–Kier alpha value is -2.41. The van der Waals surface area contributed by atoms with E-state index in [0.717, 1.165) is 30.4 Å². The molecule has 0 aliphatic carbocycles. The van der Waals surface area contributed by atoms with Crippen LogP contribution < -0.4 is 20.3 Å². The minimum atomic E-state index is 0.0832. The molecule has 1 fully saturated rings. The van der Waals surface area contributed by atoms with Gasteiger partial charge in [-0.25, -0.2) is 0 Å². The standard InChI is InChI=1S/C20H27N5OS/c1-14-9-11-25(12-10-14)17-13-18(26-3)23-19(22-17)24-20(27)21-15(2)16-7-5-4-6-8-16/h4-8,13-15H,9-12H2,1-3H3,(H2,21,22,23,24,27)/t15-/m0/s1. The average Bonchev–Trinajstić information content (AvgIpc) is 2.68. The van der Waals surface area contributed by atoms with Crippen LogP contribution in [0.4, 0.5) is 11.8 Å². The third-order valence-corrected chi connectivity index (χ3v) is 5.10. The molecule has 27 heavy (non-hydrogen) atoms. The second-order valence-corrected chi connectivity index (χ2v) is 7.40. The molecule has 7 heteroatoms. The monoisotopic (exact) mass is 385 g/mol. The molecule has 144 valence electrons. The fourth-order valence-electron chi connectivity index (χ4n) is 3.13. The van der Waals surface area contributed by atoms with E-state index in [4.69, 9.17) is 17.0 Å². The third-order valence-electron chi connectivity index (χ3n) is 4.88. The van der Waals surface area contributed by atoms with Crippen molar-refractivity contribution in [1.82, 2.24) is 15.3 Å². The molecule has 6 nitrogen and oxygen atoms in total. The number of thiocarbonyl (C=S) groups is 1.